The highest BCUT2D eigenvalue weighted by Gasteiger charge is 2.54. The molecule has 0 N–H and O–H groups in total. The molecule has 39 heavy (non-hydrogen) atoms. The second kappa shape index (κ2) is 11.3. The van der Waals surface area contributed by atoms with E-state index in [-0.39, 0.29) is 30.2 Å². The number of hydrogen-bond acceptors (Lipinski definition) is 5. The molecule has 0 bridgehead atoms. The summed E-state index contributed by atoms with van der Waals surface area (Å²) in [5, 5.41) is 0. The van der Waals surface area contributed by atoms with Gasteiger partial charge in [0.25, 0.3) is 5.91 Å². The van der Waals surface area contributed by atoms with Crippen molar-refractivity contribution in [2.45, 2.75) is 25.3 Å². The topological polar surface area (TPSA) is 84.5 Å². The lowest BCUT2D eigenvalue weighted by Gasteiger charge is -2.43. The molecule has 9 nitrogen and oxygen atoms in total. The Balaban J connectivity index is 1.28. The molecule has 9 heteroatoms. The van der Waals surface area contributed by atoms with Crippen molar-refractivity contribution in [3.63, 3.8) is 0 Å². The molecule has 3 saturated heterocycles. The van der Waals surface area contributed by atoms with Gasteiger partial charge in [0.1, 0.15) is 12.1 Å². The molecule has 3 aliphatic heterocycles. The van der Waals surface area contributed by atoms with Crippen LogP contribution < -0.4 is 4.90 Å². The van der Waals surface area contributed by atoms with E-state index in [0.29, 0.717) is 58.8 Å². The number of piperidine rings is 1. The number of anilines is 1. The Kier molecular flexibility index (Phi) is 7.67. The van der Waals surface area contributed by atoms with E-state index in [1.165, 1.54) is 6.92 Å². The van der Waals surface area contributed by atoms with Gasteiger partial charge in [-0.15, -0.1) is 0 Å². The molecule has 3 heterocycles. The molecule has 0 aliphatic carbocycles. The maximum absolute atomic E-state index is 14.0. The normalized spacial score (nSPS) is 19.3. The number of rotatable bonds is 5. The first kappa shape index (κ1) is 26.5. The van der Waals surface area contributed by atoms with Gasteiger partial charge in [-0.25, -0.2) is 0 Å². The van der Waals surface area contributed by atoms with Gasteiger partial charge < -0.3 is 24.5 Å². The number of carbonyl (C=O) groups excluding carboxylic acids is 4. The van der Waals surface area contributed by atoms with E-state index in [0.717, 1.165) is 11.3 Å². The van der Waals surface area contributed by atoms with Crippen LogP contribution in [-0.2, 0) is 19.2 Å². The molecule has 5 rings (SSSR count). The molecule has 0 saturated carbocycles. The van der Waals surface area contributed by atoms with Gasteiger partial charge in [-0.1, -0.05) is 48.5 Å². The minimum atomic E-state index is -0.797. The molecule has 2 aromatic rings. The van der Waals surface area contributed by atoms with E-state index in [9.17, 15) is 19.2 Å². The maximum Gasteiger partial charge on any atom is 0.250 e. The molecule has 3 aliphatic rings. The van der Waals surface area contributed by atoms with Crippen LogP contribution in [0.4, 0.5) is 5.69 Å². The highest BCUT2D eigenvalue weighted by Crippen LogP contribution is 2.39. The minimum absolute atomic E-state index is 0.00640. The average Bonchev–Trinajstić information content (AvgIpc) is 3.23. The molecular weight excluding hydrogens is 494 g/mol. The van der Waals surface area contributed by atoms with Crippen LogP contribution in [0.1, 0.15) is 25.3 Å². The fourth-order valence-corrected chi connectivity index (χ4v) is 5.79. The summed E-state index contributed by atoms with van der Waals surface area (Å²) in [6.07, 6.45) is 4.39. The number of nitrogens with zero attached hydrogens (tertiary/aromatic N) is 5. The summed E-state index contributed by atoms with van der Waals surface area (Å²) in [6, 6.07) is 19.5. The molecular formula is C30H35N5O4. The Labute approximate surface area is 229 Å². The fourth-order valence-electron chi connectivity index (χ4n) is 5.79. The zero-order valence-electron chi connectivity index (χ0n) is 22.4. The number of hydrogen-bond donors (Lipinski definition) is 0. The van der Waals surface area contributed by atoms with Gasteiger partial charge in [0.2, 0.25) is 17.7 Å². The number of likely N-dealkylation sites (tertiary alicyclic amines) is 1. The van der Waals surface area contributed by atoms with Crippen molar-refractivity contribution in [1.29, 1.82) is 0 Å². The molecule has 204 valence electrons. The van der Waals surface area contributed by atoms with E-state index in [1.54, 1.807) is 25.7 Å². The summed E-state index contributed by atoms with van der Waals surface area (Å²) in [7, 11) is 0. The van der Waals surface area contributed by atoms with Crippen LogP contribution in [0.25, 0.3) is 6.08 Å². The average molecular weight is 530 g/mol. The van der Waals surface area contributed by atoms with Crippen LogP contribution in [0, 0.1) is 0 Å². The summed E-state index contributed by atoms with van der Waals surface area (Å²) in [5.74, 6) is -0.218. The summed E-state index contributed by atoms with van der Waals surface area (Å²) in [5.41, 5.74) is 1.10. The fraction of sp³-hybridized carbons (Fsp3) is 0.400. The van der Waals surface area contributed by atoms with Crippen molar-refractivity contribution in [2.75, 3.05) is 57.4 Å². The Morgan fingerprint density at radius 3 is 2.00 bits per heavy atom. The van der Waals surface area contributed by atoms with E-state index in [4.69, 9.17) is 0 Å². The zero-order valence-corrected chi connectivity index (χ0v) is 22.4. The van der Waals surface area contributed by atoms with Crippen molar-refractivity contribution >= 4 is 35.4 Å². The van der Waals surface area contributed by atoms with E-state index >= 15 is 0 Å². The van der Waals surface area contributed by atoms with Crippen molar-refractivity contribution in [2.24, 2.45) is 0 Å². The predicted octanol–water partition coefficient (Wildman–Crippen LogP) is 2.06. The molecule has 3 fully saturated rings. The first-order chi connectivity index (χ1) is 18.9. The molecule has 0 atom stereocenters. The van der Waals surface area contributed by atoms with E-state index in [2.05, 4.69) is 4.90 Å². The van der Waals surface area contributed by atoms with Crippen LogP contribution in [0.2, 0.25) is 0 Å². The van der Waals surface area contributed by atoms with Gasteiger partial charge in [0.05, 0.1) is 6.67 Å². The Hall–Kier alpha value is -4.14. The highest BCUT2D eigenvalue weighted by atomic mass is 16.2. The summed E-state index contributed by atoms with van der Waals surface area (Å²) in [4.78, 5) is 60.7. The predicted molar refractivity (Wildman–Crippen MR) is 148 cm³/mol. The molecule has 1 spiro atoms. The zero-order chi connectivity index (χ0) is 27.4. The van der Waals surface area contributed by atoms with E-state index < -0.39 is 5.54 Å². The SMILES string of the molecule is CC(=O)N1CCN(C(=O)CN2CN(c3ccccc3)C3(CCN(C(=O)/C=C/c4ccccc4)CC3)C2=O)CC1. The van der Waals surface area contributed by atoms with Gasteiger partial charge in [-0.2, -0.15) is 0 Å². The largest absolute Gasteiger partial charge is 0.339 e. The van der Waals surface area contributed by atoms with Crippen molar-refractivity contribution < 1.29 is 19.2 Å². The number of para-hydroxylation sites is 1. The van der Waals surface area contributed by atoms with Gasteiger partial charge in [-0.3, -0.25) is 19.2 Å². The smallest absolute Gasteiger partial charge is 0.250 e. The third kappa shape index (κ3) is 5.53. The number of benzene rings is 2. The van der Waals surface area contributed by atoms with Crippen molar-refractivity contribution in [3.8, 4) is 0 Å². The van der Waals surface area contributed by atoms with Crippen LogP contribution in [0.5, 0.6) is 0 Å². The minimum Gasteiger partial charge on any atom is -0.339 e. The van der Waals surface area contributed by atoms with Crippen LogP contribution in [-0.4, -0.2) is 101 Å². The second-order valence-corrected chi connectivity index (χ2v) is 10.4. The summed E-state index contributed by atoms with van der Waals surface area (Å²) < 4.78 is 0. The highest BCUT2D eigenvalue weighted by molar-refractivity contribution is 5.97. The molecule has 0 aromatic heterocycles. The molecule has 0 unspecified atom stereocenters. The quantitative estimate of drug-likeness (QED) is 0.554. The molecule has 0 radical (unpaired) electrons. The summed E-state index contributed by atoms with van der Waals surface area (Å²) >= 11 is 0. The van der Waals surface area contributed by atoms with Crippen LogP contribution in [0.3, 0.4) is 0 Å². The Morgan fingerprint density at radius 1 is 0.795 bits per heavy atom. The van der Waals surface area contributed by atoms with Gasteiger partial charge >= 0.3 is 0 Å². The second-order valence-electron chi connectivity index (χ2n) is 10.4. The van der Waals surface area contributed by atoms with Gasteiger partial charge in [0.15, 0.2) is 0 Å². The third-order valence-corrected chi connectivity index (χ3v) is 8.11. The standard InChI is InChI=1S/C30H35N5O4/c1-24(36)31-18-20-33(21-19-31)28(38)22-34-23-35(26-10-6-3-7-11-26)30(29(34)39)14-16-32(17-15-30)27(37)13-12-25-8-4-2-5-9-25/h2-13H,14-23H2,1H3/b13-12+. The van der Waals surface area contributed by atoms with Crippen LogP contribution in [0.15, 0.2) is 66.7 Å². The third-order valence-electron chi connectivity index (χ3n) is 8.11. The number of piperazine rings is 1. The Bertz CT molecular complexity index is 1230. The number of carbonyl (C=O) groups is 4. The Morgan fingerprint density at radius 2 is 1.38 bits per heavy atom. The monoisotopic (exact) mass is 529 g/mol. The van der Waals surface area contributed by atoms with E-state index in [1.807, 2.05) is 66.7 Å². The van der Waals surface area contributed by atoms with Gasteiger partial charge in [-0.05, 0) is 36.6 Å². The van der Waals surface area contributed by atoms with Gasteiger partial charge in [0, 0.05) is 58.0 Å². The maximum atomic E-state index is 14.0. The molecule has 2 aromatic carbocycles. The van der Waals surface area contributed by atoms with Crippen molar-refractivity contribution in [1.82, 2.24) is 19.6 Å². The van der Waals surface area contributed by atoms with Crippen molar-refractivity contribution in [3.05, 3.63) is 72.3 Å². The lowest BCUT2D eigenvalue weighted by molar-refractivity contribution is -0.143. The summed E-state index contributed by atoms with van der Waals surface area (Å²) in [6.45, 7) is 4.76. The lowest BCUT2D eigenvalue weighted by Crippen LogP contribution is -2.57. The molecule has 4 amide bonds. The number of amides is 4. The first-order valence-corrected chi connectivity index (χ1v) is 13.5. The lowest BCUT2D eigenvalue weighted by atomic mass is 9.85. The first-order valence-electron chi connectivity index (χ1n) is 13.5. The van der Waals surface area contributed by atoms with Crippen LogP contribution >= 0.6 is 0 Å².